The van der Waals surface area contributed by atoms with Gasteiger partial charge in [0.25, 0.3) is 0 Å². The Morgan fingerprint density at radius 1 is 0.467 bits per heavy atom. The zero-order valence-corrected chi connectivity index (χ0v) is 24.7. The molecule has 0 unspecified atom stereocenters. The summed E-state index contributed by atoms with van der Waals surface area (Å²) in [5.41, 5.74) is 11.0. The van der Waals surface area contributed by atoms with E-state index in [2.05, 4.69) is 156 Å². The summed E-state index contributed by atoms with van der Waals surface area (Å²) in [5, 5.41) is 4.60. The van der Waals surface area contributed by atoms with Crippen LogP contribution in [0.2, 0.25) is 0 Å². The van der Waals surface area contributed by atoms with Crippen molar-refractivity contribution in [3.05, 3.63) is 157 Å². The molecule has 4 heteroatoms. The van der Waals surface area contributed by atoms with Gasteiger partial charge in [-0.05, 0) is 65.6 Å². The largest absolute Gasteiger partial charge is 0.294 e. The maximum Gasteiger partial charge on any atom is 0.149 e. The lowest BCUT2D eigenvalue weighted by molar-refractivity contribution is 1.05. The van der Waals surface area contributed by atoms with Crippen molar-refractivity contribution in [2.75, 3.05) is 0 Å². The first-order valence-corrected chi connectivity index (χ1v) is 15.3. The van der Waals surface area contributed by atoms with E-state index in [1.165, 1.54) is 27.6 Å². The average molecular weight is 577 g/mol. The number of fused-ring (bicyclic) bond motifs is 6. The molecule has 0 amide bonds. The van der Waals surface area contributed by atoms with E-state index in [1.54, 1.807) is 0 Å². The summed E-state index contributed by atoms with van der Waals surface area (Å²) < 4.78 is 4.52. The molecule has 5 aromatic carbocycles. The van der Waals surface area contributed by atoms with E-state index in [1.807, 2.05) is 12.3 Å². The van der Waals surface area contributed by atoms with Crippen LogP contribution in [-0.2, 0) is 0 Å². The van der Waals surface area contributed by atoms with Crippen LogP contribution in [-0.4, -0.2) is 19.1 Å². The van der Waals surface area contributed by atoms with Gasteiger partial charge in [-0.2, -0.15) is 0 Å². The van der Waals surface area contributed by atoms with Crippen molar-refractivity contribution in [1.29, 1.82) is 0 Å². The van der Waals surface area contributed by atoms with Crippen molar-refractivity contribution in [2.24, 2.45) is 0 Å². The monoisotopic (exact) mass is 576 g/mol. The molecule has 0 saturated carbocycles. The Bertz CT molecular complexity index is 2540. The van der Waals surface area contributed by atoms with Crippen LogP contribution in [0.5, 0.6) is 0 Å². The van der Waals surface area contributed by atoms with Gasteiger partial charge in [-0.3, -0.25) is 9.13 Å². The first-order valence-electron chi connectivity index (χ1n) is 15.3. The molecule has 0 aliphatic rings. The Balaban J connectivity index is 1.33. The summed E-state index contributed by atoms with van der Waals surface area (Å²) >= 11 is 0. The molecule has 4 aromatic heterocycles. The van der Waals surface area contributed by atoms with Crippen molar-refractivity contribution in [3.63, 3.8) is 0 Å². The minimum Gasteiger partial charge on any atom is -0.294 e. The van der Waals surface area contributed by atoms with E-state index in [-0.39, 0.29) is 0 Å². The molecule has 0 fully saturated rings. The summed E-state index contributed by atoms with van der Waals surface area (Å²) in [6.07, 6.45) is 1.99. The Morgan fingerprint density at radius 3 is 1.73 bits per heavy atom. The standard InChI is InChI=1S/C41H28N4/c1-27-23-39(42-26-36(27)29-15-6-3-7-16-29)45-38-22-11-9-20-33(38)35-25-34-32-19-8-10-21-37(32)44(40(34)43-41(35)45)31-18-12-17-30(24-31)28-13-4-2-5-14-28/h2-26H,1H3. The lowest BCUT2D eigenvalue weighted by Gasteiger charge is -2.12. The smallest absolute Gasteiger partial charge is 0.149 e. The number of pyridine rings is 2. The van der Waals surface area contributed by atoms with Crippen molar-refractivity contribution in [2.45, 2.75) is 6.92 Å². The van der Waals surface area contributed by atoms with Crippen molar-refractivity contribution < 1.29 is 0 Å². The molecule has 0 bridgehead atoms. The van der Waals surface area contributed by atoms with E-state index in [9.17, 15) is 0 Å². The molecule has 0 atom stereocenters. The lowest BCUT2D eigenvalue weighted by atomic mass is 10.0. The number of rotatable bonds is 4. The van der Waals surface area contributed by atoms with Crippen LogP contribution in [0.25, 0.3) is 77.6 Å². The van der Waals surface area contributed by atoms with Gasteiger partial charge < -0.3 is 0 Å². The highest BCUT2D eigenvalue weighted by atomic mass is 15.1. The fourth-order valence-electron chi connectivity index (χ4n) is 6.78. The molecule has 0 N–H and O–H groups in total. The second-order valence-corrected chi connectivity index (χ2v) is 11.6. The number of aryl methyl sites for hydroxylation is 1. The summed E-state index contributed by atoms with van der Waals surface area (Å²) in [5.74, 6) is 0.860. The zero-order valence-electron chi connectivity index (χ0n) is 24.7. The summed E-state index contributed by atoms with van der Waals surface area (Å²) in [6.45, 7) is 2.16. The number of benzene rings is 5. The van der Waals surface area contributed by atoms with Crippen molar-refractivity contribution >= 4 is 43.9 Å². The highest BCUT2D eigenvalue weighted by Crippen LogP contribution is 2.38. The van der Waals surface area contributed by atoms with Crippen molar-refractivity contribution in [3.8, 4) is 33.8 Å². The fraction of sp³-hybridized carbons (Fsp3) is 0.0244. The summed E-state index contributed by atoms with van der Waals surface area (Å²) in [4.78, 5) is 10.5. The Labute approximate surface area is 260 Å². The molecular weight excluding hydrogens is 548 g/mol. The van der Waals surface area contributed by atoms with E-state index in [4.69, 9.17) is 9.97 Å². The van der Waals surface area contributed by atoms with E-state index in [0.717, 1.165) is 55.6 Å². The molecule has 0 spiro atoms. The predicted octanol–water partition coefficient (Wildman–Crippen LogP) is 10.3. The number of para-hydroxylation sites is 2. The average Bonchev–Trinajstić information content (AvgIpc) is 3.60. The van der Waals surface area contributed by atoms with Gasteiger partial charge in [0, 0.05) is 39.0 Å². The molecule has 45 heavy (non-hydrogen) atoms. The van der Waals surface area contributed by atoms with Gasteiger partial charge in [0.1, 0.15) is 17.1 Å². The molecule has 0 saturated heterocycles. The minimum absolute atomic E-state index is 0.860. The first-order chi connectivity index (χ1) is 22.2. The molecule has 4 nitrogen and oxygen atoms in total. The molecule has 0 radical (unpaired) electrons. The second-order valence-electron chi connectivity index (χ2n) is 11.6. The van der Waals surface area contributed by atoms with E-state index in [0.29, 0.717) is 0 Å². The third-order valence-corrected chi connectivity index (χ3v) is 8.90. The van der Waals surface area contributed by atoms with E-state index >= 15 is 0 Å². The van der Waals surface area contributed by atoms with Crippen LogP contribution < -0.4 is 0 Å². The van der Waals surface area contributed by atoms with Crippen molar-refractivity contribution in [1.82, 2.24) is 19.1 Å². The molecule has 212 valence electrons. The van der Waals surface area contributed by atoms with Gasteiger partial charge in [-0.15, -0.1) is 0 Å². The Kier molecular flexibility index (Phi) is 5.69. The topological polar surface area (TPSA) is 35.6 Å². The maximum atomic E-state index is 5.50. The van der Waals surface area contributed by atoms with Gasteiger partial charge >= 0.3 is 0 Å². The Morgan fingerprint density at radius 2 is 1.04 bits per heavy atom. The maximum absolute atomic E-state index is 5.50. The molecule has 9 aromatic rings. The quantitative estimate of drug-likeness (QED) is 0.209. The molecule has 0 aliphatic heterocycles. The van der Waals surface area contributed by atoms with Gasteiger partial charge in [0.05, 0.1) is 11.0 Å². The van der Waals surface area contributed by atoms with Gasteiger partial charge in [-0.1, -0.05) is 109 Å². The van der Waals surface area contributed by atoms with Gasteiger partial charge in [0.2, 0.25) is 0 Å². The van der Waals surface area contributed by atoms with Crippen LogP contribution in [0, 0.1) is 6.92 Å². The third-order valence-electron chi connectivity index (χ3n) is 8.90. The van der Waals surface area contributed by atoms with Crippen LogP contribution in [0.1, 0.15) is 5.56 Å². The zero-order chi connectivity index (χ0) is 29.9. The minimum atomic E-state index is 0.860. The molecular formula is C41H28N4. The summed E-state index contributed by atoms with van der Waals surface area (Å²) in [6, 6.07) is 51.4. The predicted molar refractivity (Wildman–Crippen MR) is 186 cm³/mol. The number of aromatic nitrogens is 4. The lowest BCUT2D eigenvalue weighted by Crippen LogP contribution is -2.01. The van der Waals surface area contributed by atoms with Gasteiger partial charge in [0.15, 0.2) is 0 Å². The third kappa shape index (κ3) is 4.00. The normalized spacial score (nSPS) is 11.7. The summed E-state index contributed by atoms with van der Waals surface area (Å²) in [7, 11) is 0. The first kappa shape index (κ1) is 25.5. The van der Waals surface area contributed by atoms with Crippen LogP contribution in [0.15, 0.2) is 152 Å². The highest BCUT2D eigenvalue weighted by molar-refractivity contribution is 6.16. The highest BCUT2D eigenvalue weighted by Gasteiger charge is 2.20. The molecule has 4 heterocycles. The van der Waals surface area contributed by atoms with E-state index < -0.39 is 0 Å². The SMILES string of the molecule is Cc1cc(-n2c3ccccc3c3cc4c5ccccc5n(-c5cccc(-c6ccccc6)c5)c4nc32)ncc1-c1ccccc1. The molecule has 9 rings (SSSR count). The fourth-order valence-corrected chi connectivity index (χ4v) is 6.78. The van der Waals surface area contributed by atoms with Crippen LogP contribution in [0.4, 0.5) is 0 Å². The number of hydrogen-bond acceptors (Lipinski definition) is 2. The van der Waals surface area contributed by atoms with Gasteiger partial charge in [-0.25, -0.2) is 9.97 Å². The van der Waals surface area contributed by atoms with Crippen LogP contribution >= 0.6 is 0 Å². The second kappa shape index (κ2) is 10.0. The number of hydrogen-bond donors (Lipinski definition) is 0. The number of nitrogens with zero attached hydrogens (tertiary/aromatic N) is 4. The Hall–Kier alpha value is -6.00. The van der Waals surface area contributed by atoms with Crippen LogP contribution in [0.3, 0.4) is 0 Å². The molecule has 0 aliphatic carbocycles.